The number of ether oxygens (including phenoxy) is 1. The smallest absolute Gasteiger partial charge is 0.0581 e. The highest BCUT2D eigenvalue weighted by atomic mass is 16.5. The molecule has 0 amide bonds. The van der Waals surface area contributed by atoms with Crippen LogP contribution in [0.3, 0.4) is 0 Å². The first-order chi connectivity index (χ1) is 8.70. The Hall–Kier alpha value is -0.600. The van der Waals surface area contributed by atoms with Gasteiger partial charge in [0.2, 0.25) is 0 Å². The van der Waals surface area contributed by atoms with Crippen LogP contribution in [0, 0.1) is 0 Å². The fraction of sp³-hybridized carbons (Fsp3) is 0.750. The van der Waals surface area contributed by atoms with E-state index in [1.807, 2.05) is 26.0 Å². The molecule has 2 heteroatoms. The van der Waals surface area contributed by atoms with E-state index in [1.165, 1.54) is 0 Å². The van der Waals surface area contributed by atoms with Crippen LogP contribution in [0.5, 0.6) is 0 Å². The number of allylic oxidation sites excluding steroid dienone is 2. The van der Waals surface area contributed by atoms with E-state index in [0.717, 1.165) is 45.3 Å². The van der Waals surface area contributed by atoms with Crippen molar-refractivity contribution in [1.29, 1.82) is 0 Å². The SMILES string of the molecule is C=CCCC(CCC=C)OCCCN(C)C.CC. The maximum absolute atomic E-state index is 5.87. The van der Waals surface area contributed by atoms with Gasteiger partial charge in [0.05, 0.1) is 6.10 Å². The van der Waals surface area contributed by atoms with Gasteiger partial charge in [0.1, 0.15) is 0 Å². The van der Waals surface area contributed by atoms with Crippen LogP contribution in [0.15, 0.2) is 25.3 Å². The fourth-order valence-corrected chi connectivity index (χ4v) is 1.55. The Bertz CT molecular complexity index is 166. The Balaban J connectivity index is 0. The summed E-state index contributed by atoms with van der Waals surface area (Å²) in [6.07, 6.45) is 9.64. The molecule has 0 unspecified atom stereocenters. The van der Waals surface area contributed by atoms with Gasteiger partial charge in [0.25, 0.3) is 0 Å². The minimum atomic E-state index is 0.373. The minimum absolute atomic E-state index is 0.373. The average molecular weight is 255 g/mol. The van der Waals surface area contributed by atoms with E-state index in [-0.39, 0.29) is 0 Å². The second-order valence-corrected chi connectivity index (χ2v) is 4.38. The highest BCUT2D eigenvalue weighted by Crippen LogP contribution is 2.10. The molecule has 0 aromatic rings. The largest absolute Gasteiger partial charge is 0.378 e. The first-order valence-corrected chi connectivity index (χ1v) is 7.18. The van der Waals surface area contributed by atoms with Crippen molar-refractivity contribution in [2.75, 3.05) is 27.2 Å². The maximum Gasteiger partial charge on any atom is 0.0581 e. The Labute approximate surface area is 115 Å². The Morgan fingerprint density at radius 3 is 1.94 bits per heavy atom. The molecular formula is C16H33NO. The third kappa shape index (κ3) is 15.4. The standard InChI is InChI=1S/C14H27NO.C2H6/c1-5-7-10-14(11-8-6-2)16-13-9-12-15(3)4;1-2/h5-6,14H,1-2,7-13H2,3-4H3;1-2H3. The van der Waals surface area contributed by atoms with Gasteiger partial charge in [0, 0.05) is 6.61 Å². The number of hydrogen-bond donors (Lipinski definition) is 0. The summed E-state index contributed by atoms with van der Waals surface area (Å²) in [7, 11) is 4.18. The van der Waals surface area contributed by atoms with Crippen LogP contribution < -0.4 is 0 Å². The normalized spacial score (nSPS) is 10.1. The van der Waals surface area contributed by atoms with Crippen LogP contribution in [0.4, 0.5) is 0 Å². The Morgan fingerprint density at radius 1 is 1.06 bits per heavy atom. The van der Waals surface area contributed by atoms with E-state index in [9.17, 15) is 0 Å². The molecular weight excluding hydrogens is 222 g/mol. The van der Waals surface area contributed by atoms with Gasteiger partial charge in [-0.3, -0.25) is 0 Å². The molecule has 0 aliphatic heterocycles. The maximum atomic E-state index is 5.87. The van der Waals surface area contributed by atoms with E-state index < -0.39 is 0 Å². The van der Waals surface area contributed by atoms with E-state index in [2.05, 4.69) is 32.2 Å². The third-order valence-corrected chi connectivity index (χ3v) is 2.49. The molecule has 0 bridgehead atoms. The number of hydrogen-bond acceptors (Lipinski definition) is 2. The minimum Gasteiger partial charge on any atom is -0.378 e. The predicted molar refractivity (Wildman–Crippen MR) is 83.1 cm³/mol. The third-order valence-electron chi connectivity index (χ3n) is 2.49. The lowest BCUT2D eigenvalue weighted by molar-refractivity contribution is 0.0389. The van der Waals surface area contributed by atoms with E-state index >= 15 is 0 Å². The molecule has 2 nitrogen and oxygen atoms in total. The fourth-order valence-electron chi connectivity index (χ4n) is 1.55. The summed E-state index contributed by atoms with van der Waals surface area (Å²) in [6, 6.07) is 0. The zero-order chi connectivity index (χ0) is 14.2. The molecule has 0 saturated carbocycles. The lowest BCUT2D eigenvalue weighted by Crippen LogP contribution is -2.18. The van der Waals surface area contributed by atoms with Crippen LogP contribution in [-0.2, 0) is 4.74 Å². The number of rotatable bonds is 11. The van der Waals surface area contributed by atoms with Crippen molar-refractivity contribution in [2.24, 2.45) is 0 Å². The predicted octanol–water partition coefficient (Wildman–Crippen LogP) is 4.28. The second-order valence-electron chi connectivity index (χ2n) is 4.38. The van der Waals surface area contributed by atoms with Gasteiger partial charge >= 0.3 is 0 Å². The first kappa shape index (κ1) is 19.7. The second kappa shape index (κ2) is 16.4. The van der Waals surface area contributed by atoms with Crippen molar-refractivity contribution >= 4 is 0 Å². The molecule has 0 aromatic heterocycles. The van der Waals surface area contributed by atoms with Crippen molar-refractivity contribution in [3.8, 4) is 0 Å². The lowest BCUT2D eigenvalue weighted by atomic mass is 10.1. The van der Waals surface area contributed by atoms with Gasteiger partial charge < -0.3 is 9.64 Å². The molecule has 0 heterocycles. The molecule has 0 radical (unpaired) electrons. The molecule has 0 atom stereocenters. The van der Waals surface area contributed by atoms with Crippen LogP contribution in [0.25, 0.3) is 0 Å². The average Bonchev–Trinajstić information content (AvgIpc) is 2.39. The summed E-state index contributed by atoms with van der Waals surface area (Å²) in [5.74, 6) is 0. The van der Waals surface area contributed by atoms with E-state index in [0.29, 0.717) is 6.10 Å². The van der Waals surface area contributed by atoms with Gasteiger partial charge in [-0.25, -0.2) is 0 Å². The summed E-state index contributed by atoms with van der Waals surface area (Å²) in [4.78, 5) is 2.19. The molecule has 0 aliphatic rings. The van der Waals surface area contributed by atoms with Crippen molar-refractivity contribution < 1.29 is 4.74 Å². The summed E-state index contributed by atoms with van der Waals surface area (Å²) in [5.41, 5.74) is 0. The highest BCUT2D eigenvalue weighted by Gasteiger charge is 2.06. The van der Waals surface area contributed by atoms with Crippen molar-refractivity contribution in [2.45, 2.75) is 52.1 Å². The van der Waals surface area contributed by atoms with Crippen molar-refractivity contribution in [1.82, 2.24) is 4.90 Å². The Kier molecular flexibility index (Phi) is 18.0. The Morgan fingerprint density at radius 2 is 1.56 bits per heavy atom. The quantitative estimate of drug-likeness (QED) is 0.403. The molecule has 0 aliphatic carbocycles. The molecule has 0 aromatic carbocycles. The molecule has 0 rings (SSSR count). The van der Waals surface area contributed by atoms with Gasteiger partial charge in [-0.1, -0.05) is 26.0 Å². The number of nitrogens with zero attached hydrogens (tertiary/aromatic N) is 1. The summed E-state index contributed by atoms with van der Waals surface area (Å²) < 4.78 is 5.87. The van der Waals surface area contributed by atoms with Crippen LogP contribution in [-0.4, -0.2) is 38.3 Å². The van der Waals surface area contributed by atoms with Crippen molar-refractivity contribution in [3.05, 3.63) is 25.3 Å². The monoisotopic (exact) mass is 255 g/mol. The van der Waals surface area contributed by atoms with Gasteiger partial charge in [0.15, 0.2) is 0 Å². The molecule has 0 N–H and O–H groups in total. The molecule has 0 spiro atoms. The summed E-state index contributed by atoms with van der Waals surface area (Å²) in [6.45, 7) is 13.5. The van der Waals surface area contributed by atoms with Crippen LogP contribution in [0.2, 0.25) is 0 Å². The van der Waals surface area contributed by atoms with Gasteiger partial charge in [-0.05, 0) is 52.7 Å². The molecule has 18 heavy (non-hydrogen) atoms. The topological polar surface area (TPSA) is 12.5 Å². The van der Waals surface area contributed by atoms with Crippen molar-refractivity contribution in [3.63, 3.8) is 0 Å². The van der Waals surface area contributed by atoms with E-state index in [4.69, 9.17) is 4.74 Å². The first-order valence-electron chi connectivity index (χ1n) is 7.18. The lowest BCUT2D eigenvalue weighted by Gasteiger charge is -2.17. The van der Waals surface area contributed by atoms with Gasteiger partial charge in [-0.2, -0.15) is 0 Å². The zero-order valence-corrected chi connectivity index (χ0v) is 13.0. The van der Waals surface area contributed by atoms with E-state index in [1.54, 1.807) is 0 Å². The molecule has 0 saturated heterocycles. The van der Waals surface area contributed by atoms with Crippen LogP contribution in [0.1, 0.15) is 46.0 Å². The van der Waals surface area contributed by atoms with Gasteiger partial charge in [-0.15, -0.1) is 13.2 Å². The summed E-state index contributed by atoms with van der Waals surface area (Å²) >= 11 is 0. The molecule has 0 fully saturated rings. The van der Waals surface area contributed by atoms with Crippen LogP contribution >= 0.6 is 0 Å². The highest BCUT2D eigenvalue weighted by molar-refractivity contribution is 4.74. The summed E-state index contributed by atoms with van der Waals surface area (Å²) in [5, 5.41) is 0. The molecule has 108 valence electrons. The zero-order valence-electron chi connectivity index (χ0n) is 13.0.